The topological polar surface area (TPSA) is 36.4 Å². The smallest absolute Gasteiger partial charge is 0.1000 e. The molecule has 0 radical (unpaired) electrons. The van der Waals surface area contributed by atoms with E-state index in [-0.39, 0.29) is 11.5 Å². The molecule has 0 aliphatic carbocycles. The highest BCUT2D eigenvalue weighted by Gasteiger charge is 2.25. The summed E-state index contributed by atoms with van der Waals surface area (Å²) in [5.41, 5.74) is 4.55. The third-order valence-electron chi connectivity index (χ3n) is 3.45. The first-order valence-corrected chi connectivity index (χ1v) is 7.35. The highest BCUT2D eigenvalue weighted by molar-refractivity contribution is 6.01. The van der Waals surface area contributed by atoms with E-state index in [4.69, 9.17) is 4.99 Å². The van der Waals surface area contributed by atoms with Crippen molar-refractivity contribution >= 4 is 11.4 Å². The molecule has 1 aromatic rings. The first-order chi connectivity index (χ1) is 9.75. The van der Waals surface area contributed by atoms with E-state index in [9.17, 15) is 0 Å². The molecule has 21 heavy (non-hydrogen) atoms. The number of nitrogens with one attached hydrogen (secondary N) is 2. The summed E-state index contributed by atoms with van der Waals surface area (Å²) >= 11 is 0. The molecule has 1 aliphatic heterocycles. The molecule has 3 nitrogen and oxygen atoms in total. The van der Waals surface area contributed by atoms with E-state index >= 15 is 0 Å². The third kappa shape index (κ3) is 3.97. The number of anilines is 1. The Balaban J connectivity index is 2.01. The summed E-state index contributed by atoms with van der Waals surface area (Å²) in [5, 5.41) is 6.63. The number of aliphatic imine (C=N–C) groups is 1. The number of hydrogen-bond acceptors (Lipinski definition) is 3. The molecule has 0 saturated carbocycles. The summed E-state index contributed by atoms with van der Waals surface area (Å²) in [5.74, 6) is 0.768. The molecule has 112 valence electrons. The van der Waals surface area contributed by atoms with Gasteiger partial charge in [0.05, 0.1) is 11.9 Å². The minimum absolute atomic E-state index is 0.0724. The summed E-state index contributed by atoms with van der Waals surface area (Å²) < 4.78 is 0. The Morgan fingerprint density at radius 3 is 2.52 bits per heavy atom. The normalized spacial score (nSPS) is 18.0. The highest BCUT2D eigenvalue weighted by atomic mass is 15.1. The Kier molecular flexibility index (Phi) is 4.21. The lowest BCUT2D eigenvalue weighted by molar-refractivity contribution is 0.592. The van der Waals surface area contributed by atoms with Gasteiger partial charge in [0.15, 0.2) is 0 Å². The van der Waals surface area contributed by atoms with Crippen molar-refractivity contribution in [1.82, 2.24) is 5.32 Å². The number of benzene rings is 1. The van der Waals surface area contributed by atoms with Crippen LogP contribution in [-0.2, 0) is 0 Å². The Morgan fingerprint density at radius 2 is 1.95 bits per heavy atom. The highest BCUT2D eigenvalue weighted by Crippen LogP contribution is 2.25. The summed E-state index contributed by atoms with van der Waals surface area (Å²) in [6.45, 7) is 14.8. The molecule has 2 N–H and O–H groups in total. The number of rotatable bonds is 4. The maximum Gasteiger partial charge on any atom is 0.1000 e. The second-order valence-electron chi connectivity index (χ2n) is 6.64. The van der Waals surface area contributed by atoms with Crippen LogP contribution in [0.1, 0.15) is 33.3 Å². The van der Waals surface area contributed by atoms with Crippen LogP contribution < -0.4 is 10.6 Å². The van der Waals surface area contributed by atoms with Gasteiger partial charge in [-0.2, -0.15) is 0 Å². The summed E-state index contributed by atoms with van der Waals surface area (Å²) in [7, 11) is 0. The van der Waals surface area contributed by atoms with Gasteiger partial charge in [0, 0.05) is 22.5 Å². The first-order valence-electron chi connectivity index (χ1n) is 7.35. The summed E-state index contributed by atoms with van der Waals surface area (Å²) in [6.07, 6.45) is 2.13. The van der Waals surface area contributed by atoms with E-state index in [1.807, 2.05) is 12.1 Å². The number of allylic oxidation sites excluding steroid dienone is 1. The molecule has 1 heterocycles. The lowest BCUT2D eigenvalue weighted by atomic mass is 9.90. The SMILES string of the molecule is C=C(NC1=CC(C(C)(C)C)=NC1C)Nc1cccc(C)c1. The number of nitrogens with zero attached hydrogens (tertiary/aromatic N) is 1. The molecule has 0 bridgehead atoms. The quantitative estimate of drug-likeness (QED) is 0.867. The molecule has 1 aliphatic rings. The van der Waals surface area contributed by atoms with Gasteiger partial charge in [-0.25, -0.2) is 0 Å². The van der Waals surface area contributed by atoms with E-state index in [1.54, 1.807) is 0 Å². The lowest BCUT2D eigenvalue weighted by Crippen LogP contribution is -2.22. The Morgan fingerprint density at radius 1 is 1.24 bits per heavy atom. The molecule has 0 amide bonds. The van der Waals surface area contributed by atoms with E-state index in [0.29, 0.717) is 0 Å². The molecule has 0 spiro atoms. The van der Waals surface area contributed by atoms with Crippen LogP contribution in [-0.4, -0.2) is 11.8 Å². The fourth-order valence-electron chi connectivity index (χ4n) is 2.24. The zero-order valence-corrected chi connectivity index (χ0v) is 13.6. The fourth-order valence-corrected chi connectivity index (χ4v) is 2.24. The van der Waals surface area contributed by atoms with Gasteiger partial charge in [-0.15, -0.1) is 0 Å². The molecule has 1 aromatic carbocycles. The zero-order chi connectivity index (χ0) is 15.6. The predicted molar refractivity (Wildman–Crippen MR) is 91.5 cm³/mol. The standard InChI is InChI=1S/C18H25N3/c1-12-8-7-9-15(10-12)20-14(3)21-16-11-17(18(4,5)6)19-13(16)2/h7-11,13,20-21H,3H2,1-2,4-6H3. The second-order valence-corrected chi connectivity index (χ2v) is 6.64. The average Bonchev–Trinajstić information content (AvgIpc) is 2.70. The van der Waals surface area contributed by atoms with Crippen LogP contribution in [0.3, 0.4) is 0 Å². The molecule has 2 rings (SSSR count). The minimum Gasteiger partial charge on any atom is -0.344 e. The van der Waals surface area contributed by atoms with E-state index in [0.717, 1.165) is 22.9 Å². The molecule has 1 atom stereocenters. The molecule has 1 unspecified atom stereocenters. The van der Waals surface area contributed by atoms with Crippen LogP contribution in [0, 0.1) is 12.3 Å². The maximum absolute atomic E-state index is 4.71. The van der Waals surface area contributed by atoms with E-state index < -0.39 is 0 Å². The third-order valence-corrected chi connectivity index (χ3v) is 3.45. The van der Waals surface area contributed by atoms with Crippen LogP contribution in [0.25, 0.3) is 0 Å². The van der Waals surface area contributed by atoms with E-state index in [1.165, 1.54) is 5.56 Å². The van der Waals surface area contributed by atoms with Gasteiger partial charge in [0.25, 0.3) is 0 Å². The Hall–Kier alpha value is -2.03. The van der Waals surface area contributed by atoms with Crippen molar-refractivity contribution in [3.8, 4) is 0 Å². The molecule has 0 fully saturated rings. The van der Waals surface area contributed by atoms with Crippen LogP contribution in [0.4, 0.5) is 5.69 Å². The number of hydrogen-bond donors (Lipinski definition) is 2. The second kappa shape index (κ2) is 5.76. The van der Waals surface area contributed by atoms with Crippen LogP contribution in [0.2, 0.25) is 0 Å². The monoisotopic (exact) mass is 283 g/mol. The summed E-state index contributed by atoms with van der Waals surface area (Å²) in [6, 6.07) is 8.38. The molecular weight excluding hydrogens is 258 g/mol. The van der Waals surface area contributed by atoms with Crippen LogP contribution in [0.5, 0.6) is 0 Å². The molecule has 0 aromatic heterocycles. The van der Waals surface area contributed by atoms with Gasteiger partial charge in [0.1, 0.15) is 0 Å². The first kappa shape index (κ1) is 15.4. The zero-order valence-electron chi connectivity index (χ0n) is 13.6. The molecule has 0 saturated heterocycles. The summed E-state index contributed by atoms with van der Waals surface area (Å²) in [4.78, 5) is 4.71. The average molecular weight is 283 g/mol. The predicted octanol–water partition coefficient (Wildman–Crippen LogP) is 4.24. The Bertz CT molecular complexity index is 603. The van der Waals surface area contributed by atoms with Crippen molar-refractivity contribution in [2.75, 3.05) is 5.32 Å². The molecule has 3 heteroatoms. The minimum atomic E-state index is 0.0724. The number of aryl methyl sites for hydroxylation is 1. The maximum atomic E-state index is 4.71. The largest absolute Gasteiger partial charge is 0.344 e. The van der Waals surface area contributed by atoms with Crippen LogP contribution in [0.15, 0.2) is 53.4 Å². The van der Waals surface area contributed by atoms with Gasteiger partial charge < -0.3 is 10.6 Å². The van der Waals surface area contributed by atoms with Gasteiger partial charge in [-0.05, 0) is 37.6 Å². The molecular formula is C18H25N3. The Labute approximate surface area is 127 Å². The van der Waals surface area contributed by atoms with Crippen molar-refractivity contribution in [3.63, 3.8) is 0 Å². The van der Waals surface area contributed by atoms with E-state index in [2.05, 4.69) is 70.0 Å². The van der Waals surface area contributed by atoms with Gasteiger partial charge in [0.2, 0.25) is 0 Å². The van der Waals surface area contributed by atoms with Crippen LogP contribution >= 0.6 is 0 Å². The van der Waals surface area contributed by atoms with Gasteiger partial charge in [-0.3, -0.25) is 4.99 Å². The van der Waals surface area contributed by atoms with Crippen molar-refractivity contribution < 1.29 is 0 Å². The van der Waals surface area contributed by atoms with Crippen molar-refractivity contribution in [2.24, 2.45) is 10.4 Å². The van der Waals surface area contributed by atoms with Crippen molar-refractivity contribution in [1.29, 1.82) is 0 Å². The van der Waals surface area contributed by atoms with Gasteiger partial charge in [-0.1, -0.05) is 39.5 Å². The fraction of sp³-hybridized carbons (Fsp3) is 0.389. The van der Waals surface area contributed by atoms with Gasteiger partial charge >= 0.3 is 0 Å². The van der Waals surface area contributed by atoms with Crippen molar-refractivity contribution in [2.45, 2.75) is 40.7 Å². The van der Waals surface area contributed by atoms with Crippen molar-refractivity contribution in [3.05, 3.63) is 54.0 Å². The lowest BCUT2D eigenvalue weighted by Gasteiger charge is -2.16.